The van der Waals surface area contributed by atoms with Crippen molar-refractivity contribution in [2.45, 2.75) is 18.6 Å². The van der Waals surface area contributed by atoms with Crippen molar-refractivity contribution in [2.24, 2.45) is 11.8 Å². The second kappa shape index (κ2) is 4.91. The molecule has 1 aromatic rings. The molecule has 2 fully saturated rings. The number of amides is 2. The van der Waals surface area contributed by atoms with Crippen LogP contribution in [0, 0.1) is 11.8 Å². The fourth-order valence-corrected chi connectivity index (χ4v) is 3.91. The van der Waals surface area contributed by atoms with E-state index < -0.39 is 29.5 Å². The van der Waals surface area contributed by atoms with Gasteiger partial charge in [0.15, 0.2) is 0 Å². The van der Waals surface area contributed by atoms with Crippen molar-refractivity contribution in [3.05, 3.63) is 36.4 Å². The van der Waals surface area contributed by atoms with Crippen molar-refractivity contribution in [2.75, 3.05) is 16.8 Å². The van der Waals surface area contributed by atoms with E-state index in [0.717, 1.165) is 0 Å². The number of aliphatic carboxylic acids is 1. The SMILES string of the molecule is CC(=O)Nc1ccc(N2C[C@@]34C=C[C@@H](O3)[C@H](C(=O)[O-])[C@@H]4C2=O)cc1. The molecule has 3 aliphatic rings. The molecule has 2 bridgehead atoms. The standard InChI is InChI=1S/C17H16N2O5/c1-9(20)18-10-2-4-11(5-3-10)19-8-17-7-6-12(24-17)13(16(22)23)14(17)15(19)21/h2-7,12-14H,8H2,1H3,(H,18,20)(H,22,23)/p-1/t12-,13+,14-,17-/m1/s1. The topological polar surface area (TPSA) is 98.8 Å². The Morgan fingerprint density at radius 2 is 2.04 bits per heavy atom. The van der Waals surface area contributed by atoms with Crippen molar-refractivity contribution in [1.29, 1.82) is 0 Å². The van der Waals surface area contributed by atoms with Crippen molar-refractivity contribution >= 4 is 29.2 Å². The van der Waals surface area contributed by atoms with Gasteiger partial charge in [0.05, 0.1) is 18.6 Å². The Hall–Kier alpha value is -2.67. The highest BCUT2D eigenvalue weighted by Gasteiger charge is 2.65. The molecule has 0 unspecified atom stereocenters. The number of hydrogen-bond acceptors (Lipinski definition) is 5. The van der Waals surface area contributed by atoms with Crippen molar-refractivity contribution in [3.8, 4) is 0 Å². The van der Waals surface area contributed by atoms with Crippen LogP contribution in [0.1, 0.15) is 6.92 Å². The van der Waals surface area contributed by atoms with Crippen LogP contribution in [-0.2, 0) is 19.1 Å². The maximum Gasteiger partial charge on any atom is 0.234 e. The molecule has 0 saturated carbocycles. The lowest BCUT2D eigenvalue weighted by molar-refractivity contribution is -0.313. The van der Waals surface area contributed by atoms with Crippen LogP contribution >= 0.6 is 0 Å². The molecule has 124 valence electrons. The van der Waals surface area contributed by atoms with Crippen LogP contribution in [0.5, 0.6) is 0 Å². The van der Waals surface area contributed by atoms with Crippen LogP contribution in [0.2, 0.25) is 0 Å². The van der Waals surface area contributed by atoms with Gasteiger partial charge in [-0.15, -0.1) is 0 Å². The molecule has 2 amide bonds. The first-order valence-corrected chi connectivity index (χ1v) is 7.68. The third-order valence-electron chi connectivity index (χ3n) is 4.87. The van der Waals surface area contributed by atoms with Gasteiger partial charge >= 0.3 is 0 Å². The second-order valence-electron chi connectivity index (χ2n) is 6.37. The lowest BCUT2D eigenvalue weighted by atomic mass is 9.77. The molecule has 0 aromatic heterocycles. The third kappa shape index (κ3) is 1.98. The zero-order valence-electron chi connectivity index (χ0n) is 12.9. The molecule has 2 saturated heterocycles. The Bertz CT molecular complexity index is 772. The summed E-state index contributed by atoms with van der Waals surface area (Å²) in [4.78, 5) is 36.8. The third-order valence-corrected chi connectivity index (χ3v) is 4.87. The molecule has 24 heavy (non-hydrogen) atoms. The number of carboxylic acid groups (broad SMARTS) is 1. The molecule has 1 spiro atoms. The van der Waals surface area contributed by atoms with E-state index in [2.05, 4.69) is 5.32 Å². The van der Waals surface area contributed by atoms with Gasteiger partial charge < -0.3 is 24.9 Å². The Morgan fingerprint density at radius 1 is 1.33 bits per heavy atom. The van der Waals surface area contributed by atoms with Crippen LogP contribution < -0.4 is 15.3 Å². The summed E-state index contributed by atoms with van der Waals surface area (Å²) in [5.74, 6) is -3.42. The summed E-state index contributed by atoms with van der Waals surface area (Å²) in [7, 11) is 0. The number of carbonyl (C=O) groups is 3. The average Bonchev–Trinajstić information content (AvgIpc) is 3.16. The number of nitrogens with zero attached hydrogens (tertiary/aromatic N) is 1. The molecule has 7 nitrogen and oxygen atoms in total. The molecule has 3 heterocycles. The number of anilines is 2. The second-order valence-corrected chi connectivity index (χ2v) is 6.37. The van der Waals surface area contributed by atoms with Gasteiger partial charge in [-0.05, 0) is 24.3 Å². The minimum atomic E-state index is -1.26. The summed E-state index contributed by atoms with van der Waals surface area (Å²) < 4.78 is 5.80. The maximum atomic E-state index is 12.8. The lowest BCUT2D eigenvalue weighted by Gasteiger charge is -2.24. The van der Waals surface area contributed by atoms with E-state index in [1.54, 1.807) is 36.4 Å². The molecule has 1 aromatic carbocycles. The number of carboxylic acids is 1. The summed E-state index contributed by atoms with van der Waals surface area (Å²) in [5, 5.41) is 14.1. The number of rotatable bonds is 3. The lowest BCUT2D eigenvalue weighted by Crippen LogP contribution is -2.45. The highest BCUT2D eigenvalue weighted by Crippen LogP contribution is 2.52. The molecule has 0 radical (unpaired) electrons. The monoisotopic (exact) mass is 327 g/mol. The van der Waals surface area contributed by atoms with Gasteiger partial charge in [-0.25, -0.2) is 0 Å². The Morgan fingerprint density at radius 3 is 2.67 bits per heavy atom. The van der Waals surface area contributed by atoms with E-state index in [0.29, 0.717) is 11.4 Å². The summed E-state index contributed by atoms with van der Waals surface area (Å²) in [5.41, 5.74) is 0.374. The zero-order valence-corrected chi connectivity index (χ0v) is 12.9. The van der Waals surface area contributed by atoms with Crippen LogP contribution in [0.4, 0.5) is 11.4 Å². The molecule has 4 rings (SSSR count). The first-order chi connectivity index (χ1) is 11.4. The smallest absolute Gasteiger partial charge is 0.234 e. The van der Waals surface area contributed by atoms with E-state index in [9.17, 15) is 19.5 Å². The van der Waals surface area contributed by atoms with E-state index in [-0.39, 0.29) is 18.4 Å². The van der Waals surface area contributed by atoms with Crippen LogP contribution in [-0.4, -0.2) is 36.0 Å². The maximum absolute atomic E-state index is 12.8. The largest absolute Gasteiger partial charge is 0.550 e. The van der Waals surface area contributed by atoms with E-state index in [4.69, 9.17) is 4.74 Å². The highest BCUT2D eigenvalue weighted by molar-refractivity contribution is 6.02. The van der Waals surface area contributed by atoms with Gasteiger partial charge in [0.25, 0.3) is 0 Å². The number of fused-ring (bicyclic) bond motifs is 1. The normalized spacial score (nSPS) is 33.0. The van der Waals surface area contributed by atoms with E-state index >= 15 is 0 Å². The van der Waals surface area contributed by atoms with Crippen LogP contribution in [0.3, 0.4) is 0 Å². The van der Waals surface area contributed by atoms with Gasteiger partial charge in [-0.3, -0.25) is 9.59 Å². The van der Waals surface area contributed by atoms with Gasteiger partial charge in [0.1, 0.15) is 5.60 Å². The first kappa shape index (κ1) is 14.9. The molecule has 1 N–H and O–H groups in total. The average molecular weight is 327 g/mol. The van der Waals surface area contributed by atoms with Gasteiger partial charge in [-0.1, -0.05) is 12.2 Å². The molecule has 4 atom stereocenters. The van der Waals surface area contributed by atoms with Gasteiger partial charge in [-0.2, -0.15) is 0 Å². The molecular formula is C17H15N2O5-. The Labute approximate surface area is 137 Å². The number of hydrogen-bond donors (Lipinski definition) is 1. The van der Waals surface area contributed by atoms with Gasteiger partial charge in [0, 0.05) is 30.2 Å². The van der Waals surface area contributed by atoms with Gasteiger partial charge in [0.2, 0.25) is 11.8 Å². The van der Waals surface area contributed by atoms with Crippen LogP contribution in [0.15, 0.2) is 36.4 Å². The minimum absolute atomic E-state index is 0.180. The number of carbonyl (C=O) groups excluding carboxylic acids is 3. The summed E-state index contributed by atoms with van der Waals surface area (Å²) in [6, 6.07) is 6.82. The van der Waals surface area contributed by atoms with Crippen LogP contribution in [0.25, 0.3) is 0 Å². The zero-order chi connectivity index (χ0) is 17.1. The van der Waals surface area contributed by atoms with Crippen molar-refractivity contribution < 1.29 is 24.2 Å². The van der Waals surface area contributed by atoms with Crippen molar-refractivity contribution in [1.82, 2.24) is 0 Å². The predicted molar refractivity (Wildman–Crippen MR) is 81.8 cm³/mol. The van der Waals surface area contributed by atoms with E-state index in [1.165, 1.54) is 11.8 Å². The summed E-state index contributed by atoms with van der Waals surface area (Å²) in [6.07, 6.45) is 2.91. The molecule has 7 heteroatoms. The quantitative estimate of drug-likeness (QED) is 0.767. The molecular weight excluding hydrogens is 312 g/mol. The van der Waals surface area contributed by atoms with E-state index in [1.807, 2.05) is 0 Å². The number of ether oxygens (including phenoxy) is 1. The Balaban J connectivity index is 1.63. The minimum Gasteiger partial charge on any atom is -0.550 e. The fourth-order valence-electron chi connectivity index (χ4n) is 3.91. The summed E-state index contributed by atoms with van der Waals surface area (Å²) in [6.45, 7) is 1.69. The first-order valence-electron chi connectivity index (χ1n) is 7.68. The highest BCUT2D eigenvalue weighted by atomic mass is 16.5. The summed E-state index contributed by atoms with van der Waals surface area (Å²) >= 11 is 0. The van der Waals surface area contributed by atoms with Crippen molar-refractivity contribution in [3.63, 3.8) is 0 Å². The number of nitrogens with one attached hydrogen (secondary N) is 1. The number of benzene rings is 1. The Kier molecular flexibility index (Phi) is 3.05. The predicted octanol–water partition coefficient (Wildman–Crippen LogP) is -0.319. The fraction of sp³-hybridized carbons (Fsp3) is 0.353. The molecule has 3 aliphatic heterocycles. The molecule has 0 aliphatic carbocycles.